The summed E-state index contributed by atoms with van der Waals surface area (Å²) in [6.45, 7) is 1.47. The van der Waals surface area contributed by atoms with Crippen LogP contribution >= 0.6 is 12.4 Å². The van der Waals surface area contributed by atoms with Crippen molar-refractivity contribution in [1.82, 2.24) is 0 Å². The third-order valence-electron chi connectivity index (χ3n) is 0.723. The van der Waals surface area contributed by atoms with E-state index in [1.165, 1.54) is 0 Å². The second-order valence-electron chi connectivity index (χ2n) is 1.32. The van der Waals surface area contributed by atoms with E-state index >= 15 is 0 Å². The molecular formula is C4H11ClFN. The summed E-state index contributed by atoms with van der Waals surface area (Å²) in [4.78, 5) is 0. The SMILES string of the molecule is CC[C@H](N)CF.Cl. The van der Waals surface area contributed by atoms with Gasteiger partial charge in [-0.25, -0.2) is 4.39 Å². The maximum atomic E-state index is 11.3. The van der Waals surface area contributed by atoms with E-state index in [1.807, 2.05) is 6.92 Å². The minimum atomic E-state index is -0.392. The zero-order chi connectivity index (χ0) is 4.99. The molecule has 0 bridgehead atoms. The van der Waals surface area contributed by atoms with Crippen LogP contribution < -0.4 is 5.73 Å². The average Bonchev–Trinajstić information content (AvgIpc) is 1.65. The van der Waals surface area contributed by atoms with Crippen molar-refractivity contribution >= 4 is 12.4 Å². The van der Waals surface area contributed by atoms with Gasteiger partial charge in [0.05, 0.1) is 0 Å². The maximum Gasteiger partial charge on any atom is 0.104 e. The van der Waals surface area contributed by atoms with Crippen molar-refractivity contribution in [2.75, 3.05) is 6.67 Å². The number of nitrogens with two attached hydrogens (primary N) is 1. The van der Waals surface area contributed by atoms with E-state index in [4.69, 9.17) is 5.73 Å². The Morgan fingerprint density at radius 1 is 1.71 bits per heavy atom. The lowest BCUT2D eigenvalue weighted by atomic mass is 10.3. The summed E-state index contributed by atoms with van der Waals surface area (Å²) in [6, 6.07) is -0.231. The lowest BCUT2D eigenvalue weighted by Gasteiger charge is -1.96. The predicted molar refractivity (Wildman–Crippen MR) is 31.5 cm³/mol. The van der Waals surface area contributed by atoms with Gasteiger partial charge < -0.3 is 5.73 Å². The molecule has 0 saturated carbocycles. The molecule has 0 aromatic heterocycles. The first-order valence-electron chi connectivity index (χ1n) is 2.12. The van der Waals surface area contributed by atoms with Gasteiger partial charge in [-0.2, -0.15) is 0 Å². The third-order valence-corrected chi connectivity index (χ3v) is 0.723. The van der Waals surface area contributed by atoms with Gasteiger partial charge in [0.2, 0.25) is 0 Å². The fourth-order valence-electron chi connectivity index (χ4n) is 0.109. The zero-order valence-electron chi connectivity index (χ0n) is 4.36. The number of alkyl halides is 1. The molecule has 0 spiro atoms. The summed E-state index contributed by atoms with van der Waals surface area (Å²) in [6.07, 6.45) is 0.733. The standard InChI is InChI=1S/C4H10FN.ClH/c1-2-4(6)3-5;/h4H,2-3,6H2,1H3;1H/t4-;/m0./s1. The fraction of sp³-hybridized carbons (Fsp3) is 1.00. The Morgan fingerprint density at radius 3 is 2.14 bits per heavy atom. The molecule has 0 heterocycles. The minimum absolute atomic E-state index is 0. The van der Waals surface area contributed by atoms with Gasteiger partial charge in [-0.05, 0) is 6.42 Å². The highest BCUT2D eigenvalue weighted by Gasteiger charge is 1.92. The van der Waals surface area contributed by atoms with Gasteiger partial charge >= 0.3 is 0 Å². The quantitative estimate of drug-likeness (QED) is 0.591. The first-order valence-corrected chi connectivity index (χ1v) is 2.12. The summed E-state index contributed by atoms with van der Waals surface area (Å²) in [5.74, 6) is 0. The Hall–Kier alpha value is 0.180. The Balaban J connectivity index is 0. The van der Waals surface area contributed by atoms with E-state index in [0.29, 0.717) is 0 Å². The molecule has 0 aromatic carbocycles. The topological polar surface area (TPSA) is 26.0 Å². The van der Waals surface area contributed by atoms with Crippen LogP contribution in [0.25, 0.3) is 0 Å². The molecule has 0 saturated heterocycles. The van der Waals surface area contributed by atoms with Crippen molar-refractivity contribution < 1.29 is 4.39 Å². The molecule has 0 aliphatic rings. The maximum absolute atomic E-state index is 11.3. The first kappa shape index (κ1) is 10.2. The van der Waals surface area contributed by atoms with Gasteiger partial charge in [0.15, 0.2) is 0 Å². The number of halogens is 2. The van der Waals surface area contributed by atoms with Crippen LogP contribution in [-0.2, 0) is 0 Å². The Morgan fingerprint density at radius 2 is 2.14 bits per heavy atom. The van der Waals surface area contributed by atoms with Crippen LogP contribution in [-0.4, -0.2) is 12.7 Å². The van der Waals surface area contributed by atoms with Crippen LogP contribution in [0.2, 0.25) is 0 Å². The monoisotopic (exact) mass is 127 g/mol. The van der Waals surface area contributed by atoms with Crippen molar-refractivity contribution in [3.63, 3.8) is 0 Å². The minimum Gasteiger partial charge on any atom is -0.325 e. The van der Waals surface area contributed by atoms with Crippen LogP contribution in [0.15, 0.2) is 0 Å². The van der Waals surface area contributed by atoms with Gasteiger partial charge in [0.25, 0.3) is 0 Å². The molecule has 0 unspecified atom stereocenters. The molecule has 0 rings (SSSR count). The smallest absolute Gasteiger partial charge is 0.104 e. The summed E-state index contributed by atoms with van der Waals surface area (Å²) >= 11 is 0. The van der Waals surface area contributed by atoms with E-state index in [1.54, 1.807) is 0 Å². The zero-order valence-corrected chi connectivity index (χ0v) is 5.17. The molecule has 3 heteroatoms. The van der Waals surface area contributed by atoms with Gasteiger partial charge in [0, 0.05) is 6.04 Å². The summed E-state index contributed by atoms with van der Waals surface area (Å²) in [5.41, 5.74) is 5.10. The lowest BCUT2D eigenvalue weighted by molar-refractivity contribution is 0.422. The molecule has 46 valence electrons. The molecule has 1 atom stereocenters. The van der Waals surface area contributed by atoms with Crippen LogP contribution in [0.3, 0.4) is 0 Å². The molecule has 0 aromatic rings. The highest BCUT2D eigenvalue weighted by atomic mass is 35.5. The normalized spacial score (nSPS) is 12.4. The predicted octanol–water partition coefficient (Wildman–Crippen LogP) is 1.11. The van der Waals surface area contributed by atoms with Gasteiger partial charge in [0.1, 0.15) is 6.67 Å². The van der Waals surface area contributed by atoms with Crippen molar-refractivity contribution in [3.8, 4) is 0 Å². The van der Waals surface area contributed by atoms with E-state index in [2.05, 4.69) is 0 Å². The Kier molecular flexibility index (Phi) is 9.02. The van der Waals surface area contributed by atoms with Crippen molar-refractivity contribution in [2.45, 2.75) is 19.4 Å². The Bertz CT molecular complexity index is 30.9. The van der Waals surface area contributed by atoms with Gasteiger partial charge in [-0.1, -0.05) is 6.92 Å². The second kappa shape index (κ2) is 6.18. The van der Waals surface area contributed by atoms with Gasteiger partial charge in [-0.15, -0.1) is 12.4 Å². The molecule has 0 radical (unpaired) electrons. The van der Waals surface area contributed by atoms with Crippen LogP contribution in [0.5, 0.6) is 0 Å². The number of hydrogen-bond donors (Lipinski definition) is 1. The molecule has 7 heavy (non-hydrogen) atoms. The second-order valence-corrected chi connectivity index (χ2v) is 1.32. The van der Waals surface area contributed by atoms with E-state index in [-0.39, 0.29) is 18.4 Å². The Labute approximate surface area is 49.5 Å². The number of hydrogen-bond acceptors (Lipinski definition) is 1. The van der Waals surface area contributed by atoms with Crippen molar-refractivity contribution in [2.24, 2.45) is 5.73 Å². The van der Waals surface area contributed by atoms with Crippen LogP contribution in [0, 0.1) is 0 Å². The highest BCUT2D eigenvalue weighted by molar-refractivity contribution is 5.85. The fourth-order valence-corrected chi connectivity index (χ4v) is 0.109. The molecule has 1 nitrogen and oxygen atoms in total. The lowest BCUT2D eigenvalue weighted by Crippen LogP contribution is -2.20. The first-order chi connectivity index (χ1) is 2.81. The van der Waals surface area contributed by atoms with E-state index in [9.17, 15) is 4.39 Å². The van der Waals surface area contributed by atoms with Gasteiger partial charge in [-0.3, -0.25) is 0 Å². The molecule has 2 N–H and O–H groups in total. The average molecular weight is 128 g/mol. The molecule has 0 aliphatic carbocycles. The summed E-state index contributed by atoms with van der Waals surface area (Å²) in [5, 5.41) is 0. The molecule has 0 amide bonds. The largest absolute Gasteiger partial charge is 0.325 e. The highest BCUT2D eigenvalue weighted by Crippen LogP contribution is 1.83. The molecular weight excluding hydrogens is 117 g/mol. The van der Waals surface area contributed by atoms with Crippen LogP contribution in [0.1, 0.15) is 13.3 Å². The van der Waals surface area contributed by atoms with E-state index in [0.717, 1.165) is 6.42 Å². The van der Waals surface area contributed by atoms with E-state index < -0.39 is 6.67 Å². The summed E-state index contributed by atoms with van der Waals surface area (Å²) < 4.78 is 11.3. The molecule has 0 aliphatic heterocycles. The third kappa shape index (κ3) is 6.18. The molecule has 0 fully saturated rings. The van der Waals surface area contributed by atoms with Crippen molar-refractivity contribution in [1.29, 1.82) is 0 Å². The van der Waals surface area contributed by atoms with Crippen LogP contribution in [0.4, 0.5) is 4.39 Å². The number of rotatable bonds is 2. The van der Waals surface area contributed by atoms with Crippen molar-refractivity contribution in [3.05, 3.63) is 0 Å². The summed E-state index contributed by atoms with van der Waals surface area (Å²) in [7, 11) is 0.